The van der Waals surface area contributed by atoms with E-state index in [2.05, 4.69) is 5.32 Å². The predicted octanol–water partition coefficient (Wildman–Crippen LogP) is 1.54. The molecule has 120 valence electrons. The Morgan fingerprint density at radius 2 is 1.86 bits per heavy atom. The number of carbonyl (C=O) groups is 1. The van der Waals surface area contributed by atoms with Gasteiger partial charge in [0.15, 0.2) is 0 Å². The number of nitrogens with zero attached hydrogens (tertiary/aromatic N) is 1. The number of hydrogen-bond acceptors (Lipinski definition) is 4. The Morgan fingerprint density at radius 1 is 1.18 bits per heavy atom. The fourth-order valence-corrected chi connectivity index (χ4v) is 2.91. The molecule has 2 aliphatic heterocycles. The molecule has 0 bridgehead atoms. The fourth-order valence-electron chi connectivity index (χ4n) is 2.91. The summed E-state index contributed by atoms with van der Waals surface area (Å²) in [5.74, 6) is 1.56. The first kappa shape index (κ1) is 15.3. The summed E-state index contributed by atoms with van der Waals surface area (Å²) in [7, 11) is 0. The van der Waals surface area contributed by atoms with Crippen LogP contribution < -0.4 is 10.1 Å². The van der Waals surface area contributed by atoms with Gasteiger partial charge in [0.2, 0.25) is 0 Å². The summed E-state index contributed by atoms with van der Waals surface area (Å²) < 4.78 is 11.1. The first-order chi connectivity index (χ1) is 10.8. The molecule has 0 aliphatic carbocycles. The van der Waals surface area contributed by atoms with E-state index in [-0.39, 0.29) is 5.91 Å². The van der Waals surface area contributed by atoms with E-state index in [4.69, 9.17) is 9.47 Å². The van der Waals surface area contributed by atoms with Crippen LogP contribution in [0.5, 0.6) is 5.75 Å². The number of piperidine rings is 1. The van der Waals surface area contributed by atoms with Gasteiger partial charge in [-0.2, -0.15) is 0 Å². The van der Waals surface area contributed by atoms with Crippen LogP contribution in [-0.2, 0) is 4.74 Å². The quantitative estimate of drug-likeness (QED) is 0.917. The van der Waals surface area contributed by atoms with Crippen LogP contribution >= 0.6 is 0 Å². The highest BCUT2D eigenvalue weighted by Gasteiger charge is 2.18. The number of benzene rings is 1. The molecular formula is C17H24N2O3. The summed E-state index contributed by atoms with van der Waals surface area (Å²) in [6.45, 7) is 5.53. The second-order valence-corrected chi connectivity index (χ2v) is 5.93. The second-order valence-electron chi connectivity index (χ2n) is 5.93. The number of amides is 1. The monoisotopic (exact) mass is 304 g/mol. The first-order valence-electron chi connectivity index (χ1n) is 8.13. The Balaban J connectivity index is 1.51. The van der Waals surface area contributed by atoms with Crippen LogP contribution in [0, 0.1) is 5.92 Å². The SMILES string of the molecule is O=C(c1ccc(OCC2CCNCC2)cc1)N1CCOCC1. The molecule has 2 saturated heterocycles. The van der Waals surface area contributed by atoms with E-state index in [1.165, 1.54) is 12.8 Å². The molecule has 0 radical (unpaired) electrons. The predicted molar refractivity (Wildman–Crippen MR) is 84.3 cm³/mol. The molecule has 3 rings (SSSR count). The number of morpholine rings is 1. The standard InChI is InChI=1S/C17H24N2O3/c20-17(19-9-11-21-12-10-19)15-1-3-16(4-2-15)22-13-14-5-7-18-8-6-14/h1-4,14,18H,5-13H2. The third kappa shape index (κ3) is 3.99. The average Bonchev–Trinajstić information content (AvgIpc) is 2.61. The molecule has 2 aliphatic rings. The third-order valence-corrected chi connectivity index (χ3v) is 4.34. The lowest BCUT2D eigenvalue weighted by Gasteiger charge is -2.27. The molecule has 0 spiro atoms. The molecular weight excluding hydrogens is 280 g/mol. The molecule has 0 atom stereocenters. The van der Waals surface area contributed by atoms with Crippen LogP contribution in [0.1, 0.15) is 23.2 Å². The Bertz CT molecular complexity index is 477. The lowest BCUT2D eigenvalue weighted by atomic mass is 9.99. The zero-order valence-electron chi connectivity index (χ0n) is 12.9. The Kier molecular flexibility index (Phi) is 5.29. The van der Waals surface area contributed by atoms with Crippen molar-refractivity contribution in [2.45, 2.75) is 12.8 Å². The molecule has 1 N–H and O–H groups in total. The van der Waals surface area contributed by atoms with Crippen LogP contribution in [0.15, 0.2) is 24.3 Å². The molecule has 5 nitrogen and oxygen atoms in total. The number of hydrogen-bond donors (Lipinski definition) is 1. The number of ether oxygens (including phenoxy) is 2. The first-order valence-corrected chi connectivity index (χ1v) is 8.13. The topological polar surface area (TPSA) is 50.8 Å². The van der Waals surface area contributed by atoms with Gasteiger partial charge >= 0.3 is 0 Å². The van der Waals surface area contributed by atoms with Crippen LogP contribution in [0.25, 0.3) is 0 Å². The van der Waals surface area contributed by atoms with Crippen LogP contribution in [-0.4, -0.2) is 56.8 Å². The number of nitrogens with one attached hydrogen (secondary N) is 1. The molecule has 2 fully saturated rings. The van der Waals surface area contributed by atoms with Crippen molar-refractivity contribution in [2.75, 3.05) is 46.0 Å². The minimum Gasteiger partial charge on any atom is -0.493 e. The molecule has 22 heavy (non-hydrogen) atoms. The van der Waals surface area contributed by atoms with E-state index >= 15 is 0 Å². The van der Waals surface area contributed by atoms with Crippen molar-refractivity contribution in [1.29, 1.82) is 0 Å². The van der Waals surface area contributed by atoms with Crippen LogP contribution in [0.2, 0.25) is 0 Å². The van der Waals surface area contributed by atoms with Gasteiger partial charge in [0.25, 0.3) is 5.91 Å². The molecule has 5 heteroatoms. The smallest absolute Gasteiger partial charge is 0.254 e. The number of carbonyl (C=O) groups excluding carboxylic acids is 1. The fraction of sp³-hybridized carbons (Fsp3) is 0.588. The summed E-state index contributed by atoms with van der Waals surface area (Å²) in [5.41, 5.74) is 0.719. The zero-order chi connectivity index (χ0) is 15.2. The summed E-state index contributed by atoms with van der Waals surface area (Å²) in [6.07, 6.45) is 2.35. The van der Waals surface area contributed by atoms with Crippen molar-refractivity contribution in [3.8, 4) is 5.75 Å². The van der Waals surface area contributed by atoms with Gasteiger partial charge in [-0.3, -0.25) is 4.79 Å². The summed E-state index contributed by atoms with van der Waals surface area (Å²) in [4.78, 5) is 14.2. The molecule has 1 aromatic rings. The van der Waals surface area contributed by atoms with E-state index in [0.717, 1.165) is 31.0 Å². The summed E-state index contributed by atoms with van der Waals surface area (Å²) in [6, 6.07) is 7.51. The highest BCUT2D eigenvalue weighted by Crippen LogP contribution is 2.18. The normalized spacial score (nSPS) is 19.9. The minimum absolute atomic E-state index is 0.0770. The van der Waals surface area contributed by atoms with E-state index in [9.17, 15) is 4.79 Å². The lowest BCUT2D eigenvalue weighted by molar-refractivity contribution is 0.0303. The van der Waals surface area contributed by atoms with E-state index < -0.39 is 0 Å². The average molecular weight is 304 g/mol. The van der Waals surface area contributed by atoms with Gasteiger partial charge in [-0.05, 0) is 56.1 Å². The van der Waals surface area contributed by atoms with Gasteiger partial charge in [-0.1, -0.05) is 0 Å². The van der Waals surface area contributed by atoms with Gasteiger partial charge in [0.1, 0.15) is 5.75 Å². The minimum atomic E-state index is 0.0770. The highest BCUT2D eigenvalue weighted by atomic mass is 16.5. The van der Waals surface area contributed by atoms with Gasteiger partial charge < -0.3 is 19.7 Å². The maximum absolute atomic E-state index is 12.3. The van der Waals surface area contributed by atoms with Gasteiger partial charge in [-0.25, -0.2) is 0 Å². The maximum atomic E-state index is 12.3. The van der Waals surface area contributed by atoms with Gasteiger partial charge in [-0.15, -0.1) is 0 Å². The van der Waals surface area contributed by atoms with Crippen molar-refractivity contribution >= 4 is 5.91 Å². The van der Waals surface area contributed by atoms with Gasteiger partial charge in [0.05, 0.1) is 19.8 Å². The van der Waals surface area contributed by atoms with E-state index in [0.29, 0.717) is 32.2 Å². The van der Waals surface area contributed by atoms with Crippen molar-refractivity contribution in [1.82, 2.24) is 10.2 Å². The summed E-state index contributed by atoms with van der Waals surface area (Å²) in [5, 5.41) is 3.36. The molecule has 0 unspecified atom stereocenters. The Hall–Kier alpha value is -1.59. The molecule has 2 heterocycles. The lowest BCUT2D eigenvalue weighted by Crippen LogP contribution is -2.40. The Morgan fingerprint density at radius 3 is 2.55 bits per heavy atom. The molecule has 0 saturated carbocycles. The van der Waals surface area contributed by atoms with Crippen molar-refractivity contribution in [3.05, 3.63) is 29.8 Å². The van der Waals surface area contributed by atoms with Crippen LogP contribution in [0.3, 0.4) is 0 Å². The summed E-state index contributed by atoms with van der Waals surface area (Å²) >= 11 is 0. The van der Waals surface area contributed by atoms with E-state index in [1.807, 2.05) is 29.2 Å². The van der Waals surface area contributed by atoms with Crippen LogP contribution in [0.4, 0.5) is 0 Å². The van der Waals surface area contributed by atoms with E-state index in [1.54, 1.807) is 0 Å². The van der Waals surface area contributed by atoms with Crippen molar-refractivity contribution in [2.24, 2.45) is 5.92 Å². The second kappa shape index (κ2) is 7.61. The Labute approximate surface area is 131 Å². The zero-order valence-corrected chi connectivity index (χ0v) is 12.9. The maximum Gasteiger partial charge on any atom is 0.254 e. The highest BCUT2D eigenvalue weighted by molar-refractivity contribution is 5.94. The molecule has 1 aromatic carbocycles. The number of rotatable bonds is 4. The van der Waals surface area contributed by atoms with Crippen molar-refractivity contribution in [3.63, 3.8) is 0 Å². The largest absolute Gasteiger partial charge is 0.493 e. The molecule has 0 aromatic heterocycles. The van der Waals surface area contributed by atoms with Crippen molar-refractivity contribution < 1.29 is 14.3 Å². The third-order valence-electron chi connectivity index (χ3n) is 4.34. The van der Waals surface area contributed by atoms with Gasteiger partial charge in [0, 0.05) is 18.7 Å². The molecule has 1 amide bonds.